The molecule has 66 valence electrons. The van der Waals surface area contributed by atoms with Gasteiger partial charge in [0.2, 0.25) is 0 Å². The second-order valence-electron chi connectivity index (χ2n) is 2.95. The van der Waals surface area contributed by atoms with Crippen molar-refractivity contribution in [1.82, 2.24) is 0 Å². The van der Waals surface area contributed by atoms with Crippen molar-refractivity contribution in [3.63, 3.8) is 0 Å². The lowest BCUT2D eigenvalue weighted by Gasteiger charge is -2.19. The molecule has 0 aromatic heterocycles. The van der Waals surface area contributed by atoms with Gasteiger partial charge in [-0.15, -0.1) is 6.54 Å². The number of hydrogen-bond acceptors (Lipinski definition) is 0. The molecule has 0 spiro atoms. The van der Waals surface area contributed by atoms with Crippen LogP contribution in [0, 0.1) is 0 Å². The summed E-state index contributed by atoms with van der Waals surface area (Å²) in [5.41, 5.74) is 1.30. The SMILES string of the molecule is C[N-]CC(C)c1ccc(Cl)cc1. The Morgan fingerprint density at radius 1 is 1.33 bits per heavy atom. The molecule has 0 aliphatic heterocycles. The van der Waals surface area contributed by atoms with E-state index >= 15 is 0 Å². The average molecular weight is 183 g/mol. The van der Waals surface area contributed by atoms with E-state index in [2.05, 4.69) is 24.4 Å². The van der Waals surface area contributed by atoms with Crippen molar-refractivity contribution in [2.75, 3.05) is 13.6 Å². The van der Waals surface area contributed by atoms with Gasteiger partial charge in [0.25, 0.3) is 0 Å². The van der Waals surface area contributed by atoms with Crippen LogP contribution in [0.1, 0.15) is 18.4 Å². The van der Waals surface area contributed by atoms with Gasteiger partial charge >= 0.3 is 0 Å². The molecule has 1 atom stereocenters. The maximum atomic E-state index is 5.77. The Kier molecular flexibility index (Phi) is 3.57. The molecule has 0 aliphatic rings. The molecule has 1 aromatic carbocycles. The highest BCUT2D eigenvalue weighted by atomic mass is 35.5. The van der Waals surface area contributed by atoms with Crippen molar-refractivity contribution < 1.29 is 0 Å². The third-order valence-electron chi connectivity index (χ3n) is 1.90. The zero-order valence-electron chi connectivity index (χ0n) is 7.42. The minimum absolute atomic E-state index is 0.493. The molecule has 1 aromatic rings. The first kappa shape index (κ1) is 9.56. The highest BCUT2D eigenvalue weighted by Crippen LogP contribution is 2.18. The number of nitrogens with zero attached hydrogens (tertiary/aromatic N) is 1. The molecule has 0 radical (unpaired) electrons. The van der Waals surface area contributed by atoms with Gasteiger partial charge in [-0.3, -0.25) is 0 Å². The first-order chi connectivity index (χ1) is 5.74. The van der Waals surface area contributed by atoms with E-state index in [1.54, 1.807) is 0 Å². The summed E-state index contributed by atoms with van der Waals surface area (Å²) in [4.78, 5) is 0. The number of rotatable bonds is 3. The quantitative estimate of drug-likeness (QED) is 0.680. The van der Waals surface area contributed by atoms with Gasteiger partial charge in [0.15, 0.2) is 0 Å². The molecule has 0 fully saturated rings. The minimum atomic E-state index is 0.493. The van der Waals surface area contributed by atoms with E-state index < -0.39 is 0 Å². The lowest BCUT2D eigenvalue weighted by atomic mass is 10.0. The van der Waals surface area contributed by atoms with Crippen LogP contribution in [0.5, 0.6) is 0 Å². The maximum Gasteiger partial charge on any atom is 0.0406 e. The zero-order chi connectivity index (χ0) is 8.97. The Bertz CT molecular complexity index is 230. The van der Waals surface area contributed by atoms with Crippen molar-refractivity contribution in [3.05, 3.63) is 40.2 Å². The van der Waals surface area contributed by atoms with E-state index in [4.69, 9.17) is 11.6 Å². The molecule has 1 nitrogen and oxygen atoms in total. The van der Waals surface area contributed by atoms with E-state index in [9.17, 15) is 0 Å². The van der Waals surface area contributed by atoms with Gasteiger partial charge in [0.05, 0.1) is 0 Å². The fourth-order valence-corrected chi connectivity index (χ4v) is 1.30. The predicted molar refractivity (Wildman–Crippen MR) is 54.0 cm³/mol. The molecule has 1 unspecified atom stereocenters. The van der Waals surface area contributed by atoms with Crippen LogP contribution in [0.4, 0.5) is 0 Å². The largest absolute Gasteiger partial charge is 0.665 e. The van der Waals surface area contributed by atoms with Gasteiger partial charge in [-0.05, 0) is 23.6 Å². The van der Waals surface area contributed by atoms with Gasteiger partial charge in [-0.1, -0.05) is 30.7 Å². The molecule has 0 amide bonds. The van der Waals surface area contributed by atoms with Crippen LogP contribution in [0.25, 0.3) is 5.32 Å². The van der Waals surface area contributed by atoms with Crippen LogP contribution in [0.15, 0.2) is 24.3 Å². The van der Waals surface area contributed by atoms with Crippen molar-refractivity contribution in [1.29, 1.82) is 0 Å². The summed E-state index contributed by atoms with van der Waals surface area (Å²) in [5, 5.41) is 4.89. The van der Waals surface area contributed by atoms with Gasteiger partial charge < -0.3 is 5.32 Å². The summed E-state index contributed by atoms with van der Waals surface area (Å²) in [5.74, 6) is 0.493. The second kappa shape index (κ2) is 4.48. The van der Waals surface area contributed by atoms with Gasteiger partial charge in [-0.2, -0.15) is 7.05 Å². The Morgan fingerprint density at radius 2 is 1.92 bits per heavy atom. The number of hydrogen-bond donors (Lipinski definition) is 0. The molecule has 2 heteroatoms. The molecule has 0 heterocycles. The predicted octanol–water partition coefficient (Wildman–Crippen LogP) is 3.45. The monoisotopic (exact) mass is 182 g/mol. The molecule has 1 rings (SSSR count). The first-order valence-corrected chi connectivity index (χ1v) is 4.43. The summed E-state index contributed by atoms with van der Waals surface area (Å²) in [7, 11) is 1.84. The molecule has 12 heavy (non-hydrogen) atoms. The van der Waals surface area contributed by atoms with Crippen LogP contribution >= 0.6 is 11.6 Å². The van der Waals surface area contributed by atoms with Crippen LogP contribution in [-0.4, -0.2) is 13.6 Å². The third kappa shape index (κ3) is 2.50. The minimum Gasteiger partial charge on any atom is -0.665 e. The maximum absolute atomic E-state index is 5.77. The topological polar surface area (TPSA) is 14.1 Å². The Morgan fingerprint density at radius 3 is 2.42 bits per heavy atom. The van der Waals surface area contributed by atoms with Crippen molar-refractivity contribution in [2.24, 2.45) is 0 Å². The standard InChI is InChI=1S/C10H13ClN/c1-8(7-12-2)9-3-5-10(11)6-4-9/h3-6,8H,7H2,1-2H3/q-1. The van der Waals surface area contributed by atoms with E-state index in [0.717, 1.165) is 11.6 Å². The van der Waals surface area contributed by atoms with E-state index in [1.807, 2.05) is 19.2 Å². The Hall–Kier alpha value is -0.530. The van der Waals surface area contributed by atoms with Crippen molar-refractivity contribution in [2.45, 2.75) is 12.8 Å². The van der Waals surface area contributed by atoms with Crippen molar-refractivity contribution >= 4 is 11.6 Å². The molecular formula is C10H13ClN-. The average Bonchev–Trinajstić information content (AvgIpc) is 2.06. The fraction of sp³-hybridized carbons (Fsp3) is 0.400. The van der Waals surface area contributed by atoms with Crippen LogP contribution in [0.2, 0.25) is 5.02 Å². The zero-order valence-corrected chi connectivity index (χ0v) is 8.17. The summed E-state index contributed by atoms with van der Waals surface area (Å²) in [6, 6.07) is 7.95. The third-order valence-corrected chi connectivity index (χ3v) is 2.15. The Labute approximate surface area is 78.7 Å². The van der Waals surface area contributed by atoms with Crippen LogP contribution in [-0.2, 0) is 0 Å². The highest BCUT2D eigenvalue weighted by molar-refractivity contribution is 6.30. The normalized spacial score (nSPS) is 12.9. The molecule has 0 bridgehead atoms. The summed E-state index contributed by atoms with van der Waals surface area (Å²) < 4.78 is 0. The molecule has 0 N–H and O–H groups in total. The highest BCUT2D eigenvalue weighted by Gasteiger charge is 1.98. The molecule has 0 saturated heterocycles. The van der Waals surface area contributed by atoms with Gasteiger partial charge in [0, 0.05) is 5.02 Å². The Balaban J connectivity index is 2.68. The molecule has 0 saturated carbocycles. The number of halogens is 1. The van der Waals surface area contributed by atoms with E-state index in [-0.39, 0.29) is 0 Å². The van der Waals surface area contributed by atoms with Gasteiger partial charge in [0.1, 0.15) is 0 Å². The van der Waals surface area contributed by atoms with Crippen LogP contribution < -0.4 is 0 Å². The summed E-state index contributed by atoms with van der Waals surface area (Å²) in [6.45, 7) is 3.04. The smallest absolute Gasteiger partial charge is 0.0406 e. The van der Waals surface area contributed by atoms with Crippen LogP contribution in [0.3, 0.4) is 0 Å². The fourth-order valence-electron chi connectivity index (χ4n) is 1.17. The molecular weight excluding hydrogens is 170 g/mol. The van der Waals surface area contributed by atoms with Crippen molar-refractivity contribution in [3.8, 4) is 0 Å². The second-order valence-corrected chi connectivity index (χ2v) is 3.39. The molecule has 0 aliphatic carbocycles. The summed E-state index contributed by atoms with van der Waals surface area (Å²) in [6.07, 6.45) is 0. The summed E-state index contributed by atoms with van der Waals surface area (Å²) >= 11 is 5.77. The lowest BCUT2D eigenvalue weighted by molar-refractivity contribution is 0.818. The van der Waals surface area contributed by atoms with E-state index in [0.29, 0.717) is 5.92 Å². The number of benzene rings is 1. The van der Waals surface area contributed by atoms with Gasteiger partial charge in [-0.25, -0.2) is 0 Å². The first-order valence-electron chi connectivity index (χ1n) is 4.05. The van der Waals surface area contributed by atoms with E-state index in [1.165, 1.54) is 5.56 Å². The number of likely N-dealkylation sites (N-methyl/N-ethyl adjacent to an activating group) is 1. The lowest BCUT2D eigenvalue weighted by Crippen LogP contribution is -1.97.